The van der Waals surface area contributed by atoms with Gasteiger partial charge in [-0.05, 0) is 18.2 Å². The first-order valence-electron chi connectivity index (χ1n) is 4.93. The maximum atomic E-state index is 11.9. The molecule has 0 radical (unpaired) electrons. The molecule has 0 spiro atoms. The number of fused-ring (bicyclic) bond motifs is 1. The number of halogens is 1. The van der Waals surface area contributed by atoms with Crippen LogP contribution in [-0.4, -0.2) is 33.9 Å². The van der Waals surface area contributed by atoms with E-state index in [2.05, 4.69) is 4.98 Å². The van der Waals surface area contributed by atoms with E-state index in [1.165, 1.54) is 13.1 Å². The molecule has 0 aliphatic rings. The highest BCUT2D eigenvalue weighted by atomic mass is 35.5. The van der Waals surface area contributed by atoms with Crippen LogP contribution in [0.2, 0.25) is 0 Å². The lowest BCUT2D eigenvalue weighted by molar-refractivity contribution is 0.0864. The average Bonchev–Trinajstić information content (AvgIpc) is 2.72. The Bertz CT molecular complexity index is 608. The van der Waals surface area contributed by atoms with Crippen molar-refractivity contribution in [2.45, 2.75) is 0 Å². The molecule has 0 unspecified atom stereocenters. The van der Waals surface area contributed by atoms with E-state index in [9.17, 15) is 9.90 Å². The number of H-pyrrole nitrogens is 1. The minimum absolute atomic E-state index is 0. The zero-order valence-corrected chi connectivity index (χ0v) is 10.4. The summed E-state index contributed by atoms with van der Waals surface area (Å²) in [6.45, 7) is 0. The highest BCUT2D eigenvalue weighted by Gasteiger charge is 2.16. The van der Waals surface area contributed by atoms with Crippen molar-refractivity contribution in [2.24, 2.45) is 5.73 Å². The Hall–Kier alpha value is -2.21. The van der Waals surface area contributed by atoms with E-state index >= 15 is 0 Å². The number of amides is 1. The quantitative estimate of drug-likeness (QED) is 0.462. The van der Waals surface area contributed by atoms with Crippen LogP contribution in [0.25, 0.3) is 10.9 Å². The third-order valence-corrected chi connectivity index (χ3v) is 2.54. The minimum atomic E-state index is -0.423. The monoisotopic (exact) mass is 268 g/mol. The topological polar surface area (TPSA) is 106 Å². The standard InChI is InChI=1S/C11H12N4O2.ClH/c1-15(11(12)13)10(17)8-5-6-7(14-8)3-2-4-9(6)16;/h2-5,14,16H,1H3,(H3,12,13);1H. The van der Waals surface area contributed by atoms with E-state index in [1.54, 1.807) is 18.2 Å². The number of hydrogen-bond donors (Lipinski definition) is 4. The van der Waals surface area contributed by atoms with Crippen molar-refractivity contribution in [3.8, 4) is 5.75 Å². The maximum Gasteiger partial charge on any atom is 0.276 e. The minimum Gasteiger partial charge on any atom is -0.507 e. The van der Waals surface area contributed by atoms with Gasteiger partial charge in [-0.2, -0.15) is 0 Å². The molecule has 2 rings (SSSR count). The van der Waals surface area contributed by atoms with Crippen molar-refractivity contribution in [2.75, 3.05) is 7.05 Å². The molecular weight excluding hydrogens is 256 g/mol. The van der Waals surface area contributed by atoms with E-state index < -0.39 is 5.91 Å². The van der Waals surface area contributed by atoms with E-state index in [0.29, 0.717) is 10.9 Å². The largest absolute Gasteiger partial charge is 0.507 e. The molecule has 0 atom stereocenters. The van der Waals surface area contributed by atoms with E-state index in [-0.39, 0.29) is 29.8 Å². The summed E-state index contributed by atoms with van der Waals surface area (Å²) >= 11 is 0. The molecule has 1 heterocycles. The van der Waals surface area contributed by atoms with Crippen LogP contribution in [0.3, 0.4) is 0 Å². The van der Waals surface area contributed by atoms with E-state index in [4.69, 9.17) is 11.1 Å². The van der Waals surface area contributed by atoms with Crippen molar-refractivity contribution in [3.63, 3.8) is 0 Å². The summed E-state index contributed by atoms with van der Waals surface area (Å²) in [5.41, 5.74) is 6.16. The number of phenols is 1. The third kappa shape index (κ3) is 2.23. The number of aromatic nitrogens is 1. The lowest BCUT2D eigenvalue weighted by Crippen LogP contribution is -2.38. The Morgan fingerprint density at radius 3 is 2.72 bits per heavy atom. The Balaban J connectivity index is 0.00000162. The average molecular weight is 269 g/mol. The zero-order valence-electron chi connectivity index (χ0n) is 9.60. The molecule has 7 heteroatoms. The van der Waals surface area contributed by atoms with Crippen LogP contribution < -0.4 is 5.73 Å². The second-order valence-electron chi connectivity index (χ2n) is 3.67. The fourth-order valence-corrected chi connectivity index (χ4v) is 1.54. The lowest BCUT2D eigenvalue weighted by atomic mass is 10.2. The van der Waals surface area contributed by atoms with Gasteiger partial charge in [0, 0.05) is 18.0 Å². The van der Waals surface area contributed by atoms with Crippen LogP contribution in [0.1, 0.15) is 10.5 Å². The highest BCUT2D eigenvalue weighted by molar-refractivity contribution is 6.06. The summed E-state index contributed by atoms with van der Waals surface area (Å²) in [6, 6.07) is 6.50. The molecule has 1 amide bonds. The molecule has 2 aromatic rings. The van der Waals surface area contributed by atoms with Crippen molar-refractivity contribution in [1.82, 2.24) is 9.88 Å². The number of aromatic amines is 1. The Morgan fingerprint density at radius 1 is 1.50 bits per heavy atom. The molecule has 6 nitrogen and oxygen atoms in total. The molecule has 1 aromatic carbocycles. The van der Waals surface area contributed by atoms with Gasteiger partial charge >= 0.3 is 0 Å². The molecule has 18 heavy (non-hydrogen) atoms. The van der Waals surface area contributed by atoms with Gasteiger partial charge in [0.25, 0.3) is 5.91 Å². The summed E-state index contributed by atoms with van der Waals surface area (Å²) in [7, 11) is 1.41. The van der Waals surface area contributed by atoms with E-state index in [1.807, 2.05) is 0 Å². The van der Waals surface area contributed by atoms with Crippen LogP contribution in [0, 0.1) is 5.41 Å². The van der Waals surface area contributed by atoms with Gasteiger partial charge in [0.15, 0.2) is 5.96 Å². The molecule has 1 aromatic heterocycles. The second kappa shape index (κ2) is 4.97. The summed E-state index contributed by atoms with van der Waals surface area (Å²) in [4.78, 5) is 15.7. The number of rotatable bonds is 1. The number of carbonyl (C=O) groups excluding carboxylic acids is 1. The molecular formula is C11H13ClN4O2. The summed E-state index contributed by atoms with van der Waals surface area (Å²) in [5, 5.41) is 17.3. The normalized spacial score (nSPS) is 9.83. The lowest BCUT2D eigenvalue weighted by Gasteiger charge is -2.12. The molecule has 0 saturated carbocycles. The molecule has 0 bridgehead atoms. The molecule has 0 fully saturated rings. The van der Waals surface area contributed by atoms with Crippen LogP contribution >= 0.6 is 12.4 Å². The highest BCUT2D eigenvalue weighted by Crippen LogP contribution is 2.25. The SMILES string of the molecule is CN(C(=N)N)C(=O)c1cc2c(O)cccc2[nH]1.Cl. The predicted octanol–water partition coefficient (Wildman–Crippen LogP) is 1.26. The molecule has 0 saturated heterocycles. The van der Waals surface area contributed by atoms with Crippen molar-refractivity contribution in [3.05, 3.63) is 30.0 Å². The van der Waals surface area contributed by atoms with Gasteiger partial charge in [0.05, 0.1) is 0 Å². The Labute approximate surface area is 109 Å². The summed E-state index contributed by atoms with van der Waals surface area (Å²) < 4.78 is 0. The third-order valence-electron chi connectivity index (χ3n) is 2.54. The number of phenolic OH excluding ortho intramolecular Hbond substituents is 1. The first-order valence-corrected chi connectivity index (χ1v) is 4.93. The van der Waals surface area contributed by atoms with Crippen molar-refractivity contribution in [1.29, 1.82) is 5.41 Å². The molecule has 0 aliphatic heterocycles. The smallest absolute Gasteiger partial charge is 0.276 e. The Morgan fingerprint density at radius 2 is 2.17 bits per heavy atom. The van der Waals surface area contributed by atoms with Gasteiger partial charge in [-0.25, -0.2) is 0 Å². The molecule has 96 valence electrons. The van der Waals surface area contributed by atoms with Crippen molar-refractivity contribution >= 4 is 35.2 Å². The van der Waals surface area contributed by atoms with Gasteiger partial charge in [-0.1, -0.05) is 6.07 Å². The fraction of sp³-hybridized carbons (Fsp3) is 0.0909. The number of hydrogen-bond acceptors (Lipinski definition) is 3. The van der Waals surface area contributed by atoms with Crippen LogP contribution in [0.4, 0.5) is 0 Å². The van der Waals surface area contributed by atoms with Crippen LogP contribution in [-0.2, 0) is 0 Å². The van der Waals surface area contributed by atoms with Gasteiger partial charge < -0.3 is 15.8 Å². The molecule has 5 N–H and O–H groups in total. The predicted molar refractivity (Wildman–Crippen MR) is 71.2 cm³/mol. The zero-order chi connectivity index (χ0) is 12.6. The number of aromatic hydroxyl groups is 1. The van der Waals surface area contributed by atoms with Gasteiger partial charge in [-0.15, -0.1) is 12.4 Å². The first-order chi connectivity index (χ1) is 8.00. The number of nitrogens with two attached hydrogens (primary N) is 1. The second-order valence-corrected chi connectivity index (χ2v) is 3.67. The van der Waals surface area contributed by atoms with Gasteiger partial charge in [0.2, 0.25) is 0 Å². The summed E-state index contributed by atoms with van der Waals surface area (Å²) in [5.74, 6) is -0.658. The number of nitrogens with zero attached hydrogens (tertiary/aromatic N) is 1. The maximum absolute atomic E-state index is 11.9. The molecule has 0 aliphatic carbocycles. The number of benzene rings is 1. The fourth-order valence-electron chi connectivity index (χ4n) is 1.54. The van der Waals surface area contributed by atoms with Crippen molar-refractivity contribution < 1.29 is 9.90 Å². The number of guanidine groups is 1. The van der Waals surface area contributed by atoms with Crippen LogP contribution in [0.15, 0.2) is 24.3 Å². The van der Waals surface area contributed by atoms with Gasteiger partial charge in [0.1, 0.15) is 11.4 Å². The van der Waals surface area contributed by atoms with Gasteiger partial charge in [-0.3, -0.25) is 15.1 Å². The summed E-state index contributed by atoms with van der Waals surface area (Å²) in [6.07, 6.45) is 0. The van der Waals surface area contributed by atoms with Crippen LogP contribution in [0.5, 0.6) is 5.75 Å². The first kappa shape index (κ1) is 13.9. The Kier molecular flexibility index (Phi) is 3.82. The van der Waals surface area contributed by atoms with E-state index in [0.717, 1.165) is 4.90 Å². The number of carbonyl (C=O) groups is 1. The number of nitrogens with one attached hydrogen (secondary N) is 2.